The fourth-order valence-electron chi connectivity index (χ4n) is 5.03. The number of nitrogens with two attached hydrogens (primary N) is 2. The number of aliphatic imine (C=N–C) groups is 1. The largest absolute Gasteiger partial charge is 0.674 e. The summed E-state index contributed by atoms with van der Waals surface area (Å²) in [6, 6.07) is -0.885. The normalized spacial score (nSPS) is 60.8. The molecule has 140 valence electrons. The van der Waals surface area contributed by atoms with E-state index in [4.69, 9.17) is 21.2 Å². The summed E-state index contributed by atoms with van der Waals surface area (Å²) in [4.78, 5) is 33.5. The van der Waals surface area contributed by atoms with Crippen LogP contribution in [0, 0.1) is 0 Å². The van der Waals surface area contributed by atoms with Gasteiger partial charge >= 0.3 is 38.2 Å². The first kappa shape index (κ1) is 14.7. The van der Waals surface area contributed by atoms with E-state index in [0.29, 0.717) is 11.5 Å². The van der Waals surface area contributed by atoms with E-state index in [1.165, 1.54) is 10.6 Å². The summed E-state index contributed by atoms with van der Waals surface area (Å²) in [6.45, 7) is 0. The van der Waals surface area contributed by atoms with Gasteiger partial charge in [0.25, 0.3) is 6.10 Å². The van der Waals surface area contributed by atoms with Gasteiger partial charge < -0.3 is 27.2 Å². The van der Waals surface area contributed by atoms with E-state index in [-0.39, 0.29) is 10.9 Å². The van der Waals surface area contributed by atoms with Gasteiger partial charge in [-0.3, -0.25) is 9.79 Å². The summed E-state index contributed by atoms with van der Waals surface area (Å²) >= 11 is 0. The van der Waals surface area contributed by atoms with E-state index in [1.54, 1.807) is 0 Å². The Hall–Kier alpha value is -1.36. The maximum Gasteiger partial charge on any atom is 0.674 e. The fraction of sp³-hybridized carbons (Fsp3) is 0.700. The van der Waals surface area contributed by atoms with E-state index in [0.717, 1.165) is 0 Å². The molecule has 7 saturated heterocycles. The quantitative estimate of drug-likeness (QED) is 0.0802. The molecule has 0 aliphatic carbocycles. The SMILES string of the molecule is NC1=C2N[C@@H]3N4[C@@]2(N=CN1)[N@+]34[C@]12O[O+]1[C@H]([C@@H]1O[O+]1P(=O)(O)O)[C@@H](N)[C@H]2O. The Kier molecular flexibility index (Phi) is 1.99. The van der Waals surface area contributed by atoms with Crippen LogP contribution in [0.25, 0.3) is 0 Å². The predicted octanol–water partition coefficient (Wildman–Crippen LogP) is -4.51. The standard InChI is InChI=1S/C10H13N7O8P/c11-2-3(7-22-25(7)26(19,20)21)24-10(23-24,5(2)18)17-8-15-4-6(12)13-1-14-9(4,17)16(8)17/h1-3,5,7-8,15,18H,11-12H2,(H-2,13,14,19,20,21)/q+1/p+2/t2-,3+,5-,7-,8-,9-,10-,16?,17+/m1/s1. The minimum absolute atomic E-state index is 0.123. The Morgan fingerprint density at radius 1 is 1.50 bits per heavy atom. The van der Waals surface area contributed by atoms with Crippen LogP contribution in [0.5, 0.6) is 0 Å². The molecule has 9 N–H and O–H groups in total. The molecule has 0 amide bonds. The van der Waals surface area contributed by atoms with E-state index in [9.17, 15) is 19.5 Å². The fourth-order valence-corrected chi connectivity index (χ4v) is 5.61. The average Bonchev–Trinajstić information content (AvgIpc) is 3.47. The van der Waals surface area contributed by atoms with E-state index in [2.05, 4.69) is 20.1 Å². The molecule has 0 radical (unpaired) electrons. The summed E-state index contributed by atoms with van der Waals surface area (Å²) in [5, 5.41) is 18.9. The lowest BCUT2D eigenvalue weighted by molar-refractivity contribution is -0.837. The summed E-state index contributed by atoms with van der Waals surface area (Å²) in [7, 11) is -4.66. The first-order chi connectivity index (χ1) is 12.2. The van der Waals surface area contributed by atoms with Crippen molar-refractivity contribution in [2.75, 3.05) is 0 Å². The number of quaternary nitrogens is 1. The molecule has 8 aliphatic rings. The van der Waals surface area contributed by atoms with Gasteiger partial charge in [-0.05, 0) is 9.48 Å². The lowest BCUT2D eigenvalue weighted by Gasteiger charge is -2.14. The molecule has 26 heavy (non-hydrogen) atoms. The van der Waals surface area contributed by atoms with Gasteiger partial charge in [-0.25, -0.2) is 0 Å². The average molecular weight is 392 g/mol. The van der Waals surface area contributed by atoms with Crippen LogP contribution < -0.4 is 22.1 Å². The van der Waals surface area contributed by atoms with Crippen molar-refractivity contribution in [3.8, 4) is 0 Å². The van der Waals surface area contributed by atoms with E-state index >= 15 is 0 Å². The number of hydrogen-bond donors (Lipinski definition) is 7. The summed E-state index contributed by atoms with van der Waals surface area (Å²) in [5.74, 6) is -1.66. The van der Waals surface area contributed by atoms with Gasteiger partial charge in [0.1, 0.15) is 11.9 Å². The molecular weight excluding hydrogens is 377 g/mol. The van der Waals surface area contributed by atoms with Gasteiger partial charge in [0, 0.05) is 5.01 Å². The van der Waals surface area contributed by atoms with Crippen molar-refractivity contribution in [2.24, 2.45) is 16.5 Å². The molecule has 8 heterocycles. The van der Waals surface area contributed by atoms with Gasteiger partial charge in [-0.1, -0.05) is 0 Å². The molecule has 2 bridgehead atoms. The molecule has 0 aromatic heterocycles. The van der Waals surface area contributed by atoms with Crippen LogP contribution in [-0.2, 0) is 23.2 Å². The monoisotopic (exact) mass is 392 g/mol. The van der Waals surface area contributed by atoms with Crippen LogP contribution in [0.15, 0.2) is 16.5 Å². The Labute approximate surface area is 144 Å². The van der Waals surface area contributed by atoms with Crippen molar-refractivity contribution in [1.29, 1.82) is 0 Å². The van der Waals surface area contributed by atoms with Crippen LogP contribution >= 0.6 is 7.82 Å². The molecule has 16 heteroatoms. The molecule has 8 aliphatic heterocycles. The zero-order chi connectivity index (χ0) is 18.0. The zero-order valence-corrected chi connectivity index (χ0v) is 13.7. The smallest absolute Gasteiger partial charge is 0.383 e. The van der Waals surface area contributed by atoms with E-state index < -0.39 is 44.1 Å². The lowest BCUT2D eigenvalue weighted by Crippen LogP contribution is -2.55. The minimum Gasteiger partial charge on any atom is -0.383 e. The number of fused-ring (bicyclic) bond motifs is 1. The van der Waals surface area contributed by atoms with Crippen LogP contribution in [-0.4, -0.2) is 73.4 Å². The first-order valence-corrected chi connectivity index (χ1v) is 9.36. The highest BCUT2D eigenvalue weighted by atomic mass is 31.2. The Bertz CT molecular complexity index is 910. The number of hydrogen-bond acceptors (Lipinski definition) is 10. The lowest BCUT2D eigenvalue weighted by atomic mass is 10.1. The molecule has 1 spiro atoms. The van der Waals surface area contributed by atoms with Crippen molar-refractivity contribution >= 4 is 14.2 Å². The summed E-state index contributed by atoms with van der Waals surface area (Å²) in [5.41, 5.74) is 12.8. The Balaban J connectivity index is 1.27. The van der Waals surface area contributed by atoms with Crippen molar-refractivity contribution < 1.29 is 42.6 Å². The molecule has 7 fully saturated rings. The zero-order valence-electron chi connectivity index (χ0n) is 12.8. The topological polar surface area (TPSA) is 200 Å². The van der Waals surface area contributed by atoms with Gasteiger partial charge in [0.15, 0.2) is 5.70 Å². The van der Waals surface area contributed by atoms with Gasteiger partial charge in [-0.15, -0.1) is 8.82 Å². The van der Waals surface area contributed by atoms with Crippen molar-refractivity contribution in [3.63, 3.8) is 0 Å². The van der Waals surface area contributed by atoms with Crippen molar-refractivity contribution in [3.05, 3.63) is 11.5 Å². The van der Waals surface area contributed by atoms with Gasteiger partial charge in [-0.2, -0.15) is 9.56 Å². The minimum atomic E-state index is -4.66. The number of aliphatic hydroxyl groups is 1. The van der Waals surface area contributed by atoms with Crippen LogP contribution in [0.1, 0.15) is 0 Å². The number of aliphatic hydroxyl groups excluding tert-OH is 1. The third-order valence-corrected chi connectivity index (χ3v) is 6.90. The highest BCUT2D eigenvalue weighted by molar-refractivity contribution is 7.46. The van der Waals surface area contributed by atoms with Gasteiger partial charge in [0.05, 0.1) is 11.2 Å². The van der Waals surface area contributed by atoms with Crippen LogP contribution in [0.4, 0.5) is 0 Å². The number of rotatable bonds is 3. The maximum absolute atomic E-state index is 11.3. The third-order valence-electron chi connectivity index (χ3n) is 6.14. The number of nitrogens with one attached hydrogen (secondary N) is 2. The third kappa shape index (κ3) is 1.09. The highest BCUT2D eigenvalue weighted by Crippen LogP contribution is 2.85. The first-order valence-electron chi connectivity index (χ1n) is 7.83. The molecule has 1 unspecified atom stereocenters. The van der Waals surface area contributed by atoms with Crippen molar-refractivity contribution in [2.45, 2.75) is 42.5 Å². The maximum atomic E-state index is 11.3. The summed E-state index contributed by atoms with van der Waals surface area (Å²) in [6.07, 6.45) is -1.81. The van der Waals surface area contributed by atoms with Crippen LogP contribution in [0.3, 0.4) is 0 Å². The second kappa shape index (κ2) is 3.52. The molecule has 0 aromatic carbocycles. The van der Waals surface area contributed by atoms with Crippen LogP contribution in [0.2, 0.25) is 0 Å². The molecule has 15 nitrogen and oxygen atoms in total. The second-order valence-electron chi connectivity index (χ2n) is 7.10. The number of nitrogens with zero attached hydrogens (tertiary/aromatic N) is 3. The molecule has 0 saturated carbocycles. The van der Waals surface area contributed by atoms with Crippen molar-refractivity contribution in [1.82, 2.24) is 15.6 Å². The molecule has 0 aromatic rings. The predicted molar refractivity (Wildman–Crippen MR) is 75.3 cm³/mol. The van der Waals surface area contributed by atoms with E-state index in [1.807, 2.05) is 5.01 Å². The summed E-state index contributed by atoms with van der Waals surface area (Å²) < 4.78 is 15.3. The Morgan fingerprint density at radius 2 is 2.27 bits per heavy atom. The molecular formula is C10H15N7O8P+3. The second-order valence-corrected chi connectivity index (χ2v) is 8.45. The molecule has 9 atom stereocenters. The Morgan fingerprint density at radius 3 is 2.96 bits per heavy atom. The highest BCUT2D eigenvalue weighted by Gasteiger charge is 3.25. The van der Waals surface area contributed by atoms with Gasteiger partial charge in [0.2, 0.25) is 0 Å². The molecule has 8 rings (SSSR count).